The van der Waals surface area contributed by atoms with Gasteiger partial charge in [0.05, 0.1) is 26.4 Å². The lowest BCUT2D eigenvalue weighted by atomic mass is 9.99. The van der Waals surface area contributed by atoms with Crippen LogP contribution in [-0.2, 0) is 28.5 Å². The number of rotatable bonds is 26. The maximum atomic E-state index is 12.7. The second-order valence-electron chi connectivity index (χ2n) is 12.9. The van der Waals surface area contributed by atoms with E-state index in [0.29, 0.717) is 6.42 Å². The van der Waals surface area contributed by atoms with Crippen molar-refractivity contribution in [1.82, 2.24) is 0 Å². The molecule has 0 spiro atoms. The maximum absolute atomic E-state index is 12.7. The summed E-state index contributed by atoms with van der Waals surface area (Å²) in [5.41, 5.74) is 0. The zero-order chi connectivity index (χ0) is 34.7. The van der Waals surface area contributed by atoms with Gasteiger partial charge >= 0.3 is 5.97 Å². The van der Waals surface area contributed by atoms with E-state index in [9.17, 15) is 45.6 Å². The first-order valence-corrected chi connectivity index (χ1v) is 17.6. The molecule has 0 amide bonds. The molecule has 2 aliphatic heterocycles. The highest BCUT2D eigenvalue weighted by Gasteiger charge is 2.60. The summed E-state index contributed by atoms with van der Waals surface area (Å²) in [4.78, 5) is 12.7. The Morgan fingerprint density at radius 3 is 1.77 bits per heavy atom. The van der Waals surface area contributed by atoms with Crippen molar-refractivity contribution in [3.8, 4) is 0 Å². The number of aliphatic hydroxyl groups is 8. The average molecular weight is 683 g/mol. The van der Waals surface area contributed by atoms with Gasteiger partial charge < -0.3 is 64.5 Å². The predicted molar refractivity (Wildman–Crippen MR) is 169 cm³/mol. The summed E-state index contributed by atoms with van der Waals surface area (Å²) in [5.74, 6) is -2.82. The number of ether oxygens (including phenoxy) is 5. The van der Waals surface area contributed by atoms with Gasteiger partial charge in [-0.25, -0.2) is 0 Å². The Balaban J connectivity index is 1.86. The van der Waals surface area contributed by atoms with E-state index in [2.05, 4.69) is 6.92 Å². The van der Waals surface area contributed by atoms with Crippen molar-refractivity contribution in [2.24, 2.45) is 0 Å². The van der Waals surface area contributed by atoms with Crippen LogP contribution in [-0.4, -0.2) is 141 Å². The molecular weight excluding hydrogens is 620 g/mol. The highest BCUT2D eigenvalue weighted by Crippen LogP contribution is 2.38. The van der Waals surface area contributed by atoms with Crippen LogP contribution in [0.25, 0.3) is 0 Å². The highest BCUT2D eigenvalue weighted by atomic mass is 16.8. The second-order valence-corrected chi connectivity index (χ2v) is 12.9. The lowest BCUT2D eigenvalue weighted by molar-refractivity contribution is -0.386. The molecule has 14 nitrogen and oxygen atoms in total. The lowest BCUT2D eigenvalue weighted by Crippen LogP contribution is -2.63. The van der Waals surface area contributed by atoms with Crippen molar-refractivity contribution in [3.05, 3.63) is 0 Å². The highest BCUT2D eigenvalue weighted by molar-refractivity contribution is 5.69. The van der Waals surface area contributed by atoms with Gasteiger partial charge in [0.1, 0.15) is 55.4 Å². The monoisotopic (exact) mass is 682 g/mol. The van der Waals surface area contributed by atoms with Gasteiger partial charge in [-0.15, -0.1) is 0 Å². The van der Waals surface area contributed by atoms with Crippen molar-refractivity contribution >= 4 is 5.97 Å². The molecule has 10 atom stereocenters. The van der Waals surface area contributed by atoms with E-state index < -0.39 is 99.9 Å². The smallest absolute Gasteiger partial charge is 0.305 e. The first-order chi connectivity index (χ1) is 22.6. The minimum absolute atomic E-state index is 0.0924. The molecule has 278 valence electrons. The first kappa shape index (κ1) is 42.2. The summed E-state index contributed by atoms with van der Waals surface area (Å²) < 4.78 is 28.2. The number of hydrogen-bond acceptors (Lipinski definition) is 14. The van der Waals surface area contributed by atoms with Crippen LogP contribution in [0.4, 0.5) is 0 Å². The Morgan fingerprint density at radius 2 is 1.26 bits per heavy atom. The molecule has 0 saturated carbocycles. The number of carbonyl (C=O) groups excluding carboxylic acids is 1. The molecule has 2 fully saturated rings. The summed E-state index contributed by atoms with van der Waals surface area (Å²) in [6, 6.07) is 0. The molecule has 0 aliphatic carbocycles. The minimum atomic E-state index is -2.22. The van der Waals surface area contributed by atoms with Gasteiger partial charge in [0, 0.05) is 6.42 Å². The van der Waals surface area contributed by atoms with Crippen LogP contribution in [0.1, 0.15) is 110 Å². The van der Waals surface area contributed by atoms with Crippen LogP contribution in [0.5, 0.6) is 0 Å². The average Bonchev–Trinajstić information content (AvgIpc) is 3.34. The fraction of sp³-hybridized carbons (Fsp3) is 0.970. The summed E-state index contributed by atoms with van der Waals surface area (Å²) in [5, 5.41) is 80.3. The standard InChI is InChI=1S/C33H62O14/c1-2-3-4-5-6-7-8-9-10-11-12-13-14-15-16-17-26(38)44-22-33(47-32-30(42)29(41)27(39)24(19-35)45-32)31(43-21-23(37)18-34)28(40)25(20-36)46-33/h23-25,27-32,34-37,39-42H,2-22H2,1H3/t23?,24-,25-,27-,28-,29+,30-,31+,32-,33+/m1/s1. The molecule has 0 aromatic heterocycles. The first-order valence-electron chi connectivity index (χ1n) is 17.6. The summed E-state index contributed by atoms with van der Waals surface area (Å²) in [7, 11) is 0. The van der Waals surface area contributed by atoms with Crippen LogP contribution < -0.4 is 0 Å². The van der Waals surface area contributed by atoms with Gasteiger partial charge in [-0.1, -0.05) is 96.8 Å². The second kappa shape index (κ2) is 23.4. The predicted octanol–water partition coefficient (Wildman–Crippen LogP) is 0.794. The van der Waals surface area contributed by atoms with E-state index in [1.807, 2.05) is 0 Å². The third-order valence-electron chi connectivity index (χ3n) is 8.92. The third kappa shape index (κ3) is 14.0. The SMILES string of the molecule is CCCCCCCCCCCCCCCCCC(=O)OC[C@@]1(O[C@H]2O[C@H](CO)[C@@H](O)[C@H](O)[C@H]2O)O[C@H](CO)[C@@H](O)[C@@H]1OCC(O)CO. The summed E-state index contributed by atoms with van der Waals surface area (Å²) >= 11 is 0. The largest absolute Gasteiger partial charge is 0.460 e. The number of hydrogen-bond donors (Lipinski definition) is 8. The van der Waals surface area contributed by atoms with E-state index in [0.717, 1.165) is 25.7 Å². The van der Waals surface area contributed by atoms with Gasteiger partial charge in [-0.2, -0.15) is 0 Å². The van der Waals surface area contributed by atoms with Gasteiger partial charge in [0.25, 0.3) is 0 Å². The topological polar surface area (TPSA) is 225 Å². The van der Waals surface area contributed by atoms with Crippen molar-refractivity contribution in [1.29, 1.82) is 0 Å². The van der Waals surface area contributed by atoms with Gasteiger partial charge in [-0.3, -0.25) is 4.79 Å². The Kier molecular flexibility index (Phi) is 21.0. The molecule has 2 aliphatic rings. The molecule has 0 aromatic rings. The molecule has 0 bridgehead atoms. The minimum Gasteiger partial charge on any atom is -0.460 e. The number of unbranched alkanes of at least 4 members (excludes halogenated alkanes) is 14. The van der Waals surface area contributed by atoms with Crippen LogP contribution in [0.3, 0.4) is 0 Å². The van der Waals surface area contributed by atoms with Crippen LogP contribution in [0.15, 0.2) is 0 Å². The van der Waals surface area contributed by atoms with E-state index >= 15 is 0 Å². The van der Waals surface area contributed by atoms with Crippen LogP contribution in [0, 0.1) is 0 Å². The summed E-state index contributed by atoms with van der Waals surface area (Å²) in [6.07, 6.45) is 3.61. The zero-order valence-corrected chi connectivity index (χ0v) is 28.1. The number of carbonyl (C=O) groups is 1. The molecule has 8 N–H and O–H groups in total. The molecule has 0 radical (unpaired) electrons. The number of esters is 1. The normalized spacial score (nSPS) is 31.7. The van der Waals surface area contributed by atoms with E-state index in [-0.39, 0.29) is 6.42 Å². The van der Waals surface area contributed by atoms with Gasteiger partial charge in [-0.05, 0) is 6.42 Å². The fourth-order valence-electron chi connectivity index (χ4n) is 5.99. The summed E-state index contributed by atoms with van der Waals surface area (Å²) in [6.45, 7) is -1.09. The Labute approximate surface area is 278 Å². The Bertz CT molecular complexity index is 818. The quantitative estimate of drug-likeness (QED) is 0.0467. The van der Waals surface area contributed by atoms with Gasteiger partial charge in [0.2, 0.25) is 5.79 Å². The van der Waals surface area contributed by atoms with Crippen LogP contribution >= 0.6 is 0 Å². The van der Waals surface area contributed by atoms with Crippen molar-refractivity contribution in [2.75, 3.05) is 33.0 Å². The molecule has 2 rings (SSSR count). The molecule has 1 unspecified atom stereocenters. The van der Waals surface area contributed by atoms with Crippen LogP contribution in [0.2, 0.25) is 0 Å². The lowest BCUT2D eigenvalue weighted by Gasteiger charge is -2.44. The molecule has 2 saturated heterocycles. The molecular formula is C33H62O14. The molecule has 47 heavy (non-hydrogen) atoms. The van der Waals surface area contributed by atoms with Gasteiger partial charge in [0.15, 0.2) is 6.29 Å². The van der Waals surface area contributed by atoms with E-state index in [1.165, 1.54) is 64.2 Å². The van der Waals surface area contributed by atoms with Crippen molar-refractivity contribution in [2.45, 2.75) is 171 Å². The van der Waals surface area contributed by atoms with E-state index in [1.54, 1.807) is 0 Å². The number of aliphatic hydroxyl groups excluding tert-OH is 8. The van der Waals surface area contributed by atoms with Crippen molar-refractivity contribution < 1.29 is 69.3 Å². The molecule has 0 aromatic carbocycles. The fourth-order valence-corrected chi connectivity index (χ4v) is 5.99. The maximum Gasteiger partial charge on any atom is 0.305 e. The third-order valence-corrected chi connectivity index (χ3v) is 8.92. The van der Waals surface area contributed by atoms with E-state index in [4.69, 9.17) is 23.7 Å². The van der Waals surface area contributed by atoms with Crippen molar-refractivity contribution in [3.63, 3.8) is 0 Å². The Morgan fingerprint density at radius 1 is 0.723 bits per heavy atom. The zero-order valence-electron chi connectivity index (χ0n) is 28.1. The Hall–Kier alpha value is -1.01. The molecule has 2 heterocycles. The molecule has 14 heteroatoms.